The molecule has 0 bridgehead atoms. The van der Waals surface area contributed by atoms with Gasteiger partial charge in [-0.15, -0.1) is 0 Å². The number of aryl methyl sites for hydroxylation is 2. The Balaban J connectivity index is 2.09. The molecule has 1 aromatic heterocycles. The average molecular weight is 253 g/mol. The molecule has 0 aliphatic rings. The second-order valence-corrected chi connectivity index (χ2v) is 5.26. The van der Waals surface area contributed by atoms with Crippen LogP contribution in [0.2, 0.25) is 0 Å². The van der Waals surface area contributed by atoms with Gasteiger partial charge in [-0.2, -0.15) is 0 Å². The molecule has 4 nitrogen and oxygen atoms in total. The molecule has 0 amide bonds. The molecule has 0 aromatic carbocycles. The summed E-state index contributed by atoms with van der Waals surface area (Å²) in [6.45, 7) is 11.5. The summed E-state index contributed by atoms with van der Waals surface area (Å²) in [5, 5.41) is 7.41. The predicted octanol–water partition coefficient (Wildman–Crippen LogP) is 2.50. The quantitative estimate of drug-likeness (QED) is 0.723. The summed E-state index contributed by atoms with van der Waals surface area (Å²) < 4.78 is 5.13. The molecule has 0 radical (unpaired) electrons. The fourth-order valence-corrected chi connectivity index (χ4v) is 1.84. The molecule has 0 atom stereocenters. The molecule has 18 heavy (non-hydrogen) atoms. The van der Waals surface area contributed by atoms with E-state index in [1.165, 1.54) is 24.9 Å². The van der Waals surface area contributed by atoms with E-state index in [0.29, 0.717) is 6.04 Å². The van der Waals surface area contributed by atoms with Crippen molar-refractivity contribution in [1.29, 1.82) is 0 Å². The van der Waals surface area contributed by atoms with Crippen LogP contribution in [0.4, 0.5) is 0 Å². The molecule has 0 spiro atoms. The molecule has 0 saturated heterocycles. The third kappa shape index (κ3) is 4.78. The van der Waals surface area contributed by atoms with Crippen LogP contribution in [0.5, 0.6) is 0 Å². The van der Waals surface area contributed by atoms with Crippen LogP contribution in [0.3, 0.4) is 0 Å². The number of hydrogen-bond acceptors (Lipinski definition) is 4. The van der Waals surface area contributed by atoms with Gasteiger partial charge in [-0.1, -0.05) is 5.16 Å². The zero-order chi connectivity index (χ0) is 13.5. The van der Waals surface area contributed by atoms with Crippen LogP contribution in [0.15, 0.2) is 4.52 Å². The molecule has 104 valence electrons. The zero-order valence-corrected chi connectivity index (χ0v) is 12.4. The molecule has 0 aliphatic carbocycles. The van der Waals surface area contributed by atoms with Gasteiger partial charge in [0.15, 0.2) is 0 Å². The minimum absolute atomic E-state index is 0.639. The largest absolute Gasteiger partial charge is 0.361 e. The van der Waals surface area contributed by atoms with Gasteiger partial charge in [0.05, 0.1) is 5.69 Å². The first kappa shape index (κ1) is 15.2. The predicted molar refractivity (Wildman–Crippen MR) is 74.7 cm³/mol. The lowest BCUT2D eigenvalue weighted by molar-refractivity contribution is 0.268. The van der Waals surface area contributed by atoms with Crippen molar-refractivity contribution in [2.75, 3.05) is 20.1 Å². The Bertz CT molecular complexity index is 327. The summed E-state index contributed by atoms with van der Waals surface area (Å²) >= 11 is 0. The summed E-state index contributed by atoms with van der Waals surface area (Å²) in [6.07, 6.45) is 2.45. The number of hydrogen-bond donors (Lipinski definition) is 1. The number of rotatable bonds is 8. The van der Waals surface area contributed by atoms with Gasteiger partial charge >= 0.3 is 0 Å². The van der Waals surface area contributed by atoms with E-state index in [0.717, 1.165) is 24.5 Å². The normalized spacial score (nSPS) is 11.7. The van der Waals surface area contributed by atoms with Crippen molar-refractivity contribution < 1.29 is 4.52 Å². The van der Waals surface area contributed by atoms with Crippen LogP contribution < -0.4 is 5.32 Å². The van der Waals surface area contributed by atoms with Gasteiger partial charge in [-0.05, 0) is 60.7 Å². The molecular formula is C14H27N3O. The third-order valence-electron chi connectivity index (χ3n) is 3.48. The van der Waals surface area contributed by atoms with E-state index < -0.39 is 0 Å². The Morgan fingerprint density at radius 2 is 2.00 bits per heavy atom. The van der Waals surface area contributed by atoms with Gasteiger partial charge in [0, 0.05) is 18.2 Å². The van der Waals surface area contributed by atoms with Crippen LogP contribution in [0.1, 0.15) is 43.7 Å². The van der Waals surface area contributed by atoms with Gasteiger partial charge < -0.3 is 14.7 Å². The maximum Gasteiger partial charge on any atom is 0.138 e. The lowest BCUT2D eigenvalue weighted by atomic mass is 10.2. The first-order chi connectivity index (χ1) is 8.52. The van der Waals surface area contributed by atoms with Crippen molar-refractivity contribution in [3.63, 3.8) is 0 Å². The van der Waals surface area contributed by atoms with Crippen molar-refractivity contribution in [1.82, 2.24) is 15.4 Å². The zero-order valence-electron chi connectivity index (χ0n) is 12.4. The number of aromatic nitrogens is 1. The molecule has 1 aromatic rings. The molecule has 1 heterocycles. The molecule has 1 rings (SSSR count). The second kappa shape index (κ2) is 7.54. The molecular weight excluding hydrogens is 226 g/mol. The van der Waals surface area contributed by atoms with Crippen molar-refractivity contribution >= 4 is 0 Å². The van der Waals surface area contributed by atoms with E-state index in [1.54, 1.807) is 0 Å². The summed E-state index contributed by atoms with van der Waals surface area (Å²) in [4.78, 5) is 2.38. The van der Waals surface area contributed by atoms with Crippen molar-refractivity contribution in [2.45, 2.75) is 53.1 Å². The van der Waals surface area contributed by atoms with Crippen LogP contribution in [-0.4, -0.2) is 36.2 Å². The fourth-order valence-electron chi connectivity index (χ4n) is 1.84. The summed E-state index contributed by atoms with van der Waals surface area (Å²) in [5.41, 5.74) is 2.20. The van der Waals surface area contributed by atoms with Gasteiger partial charge in [0.25, 0.3) is 0 Å². The summed E-state index contributed by atoms with van der Waals surface area (Å²) in [7, 11) is 2.18. The highest BCUT2D eigenvalue weighted by atomic mass is 16.5. The van der Waals surface area contributed by atoms with Crippen LogP contribution in [0, 0.1) is 13.8 Å². The summed E-state index contributed by atoms with van der Waals surface area (Å²) in [6, 6.07) is 0.639. The topological polar surface area (TPSA) is 41.3 Å². The van der Waals surface area contributed by atoms with Crippen molar-refractivity contribution in [2.24, 2.45) is 0 Å². The molecule has 0 fully saturated rings. The average Bonchev–Trinajstić information content (AvgIpc) is 2.64. The third-order valence-corrected chi connectivity index (χ3v) is 3.48. The van der Waals surface area contributed by atoms with E-state index in [1.807, 2.05) is 13.8 Å². The molecule has 0 unspecified atom stereocenters. The summed E-state index contributed by atoms with van der Waals surface area (Å²) in [5.74, 6) is 0.930. The lowest BCUT2D eigenvalue weighted by Gasteiger charge is -2.20. The van der Waals surface area contributed by atoms with Gasteiger partial charge in [0.2, 0.25) is 0 Å². The van der Waals surface area contributed by atoms with E-state index in [4.69, 9.17) is 4.52 Å². The molecule has 0 aliphatic heterocycles. The number of nitrogens with one attached hydrogen (secondary N) is 1. The first-order valence-electron chi connectivity index (χ1n) is 6.85. The Morgan fingerprint density at radius 3 is 2.56 bits per heavy atom. The highest BCUT2D eigenvalue weighted by molar-refractivity contribution is 5.20. The SMILES string of the molecule is Cc1noc(C)c1CNCCCCN(C)C(C)C. The molecule has 1 N–H and O–H groups in total. The highest BCUT2D eigenvalue weighted by Gasteiger charge is 2.07. The maximum absolute atomic E-state index is 5.13. The van der Waals surface area contributed by atoms with Crippen LogP contribution in [-0.2, 0) is 6.54 Å². The minimum atomic E-state index is 0.639. The molecule has 0 saturated carbocycles. The van der Waals surface area contributed by atoms with E-state index in [-0.39, 0.29) is 0 Å². The minimum Gasteiger partial charge on any atom is -0.361 e. The van der Waals surface area contributed by atoms with Crippen LogP contribution in [0.25, 0.3) is 0 Å². The van der Waals surface area contributed by atoms with Crippen molar-refractivity contribution in [3.05, 3.63) is 17.0 Å². The fraction of sp³-hybridized carbons (Fsp3) is 0.786. The first-order valence-corrected chi connectivity index (χ1v) is 6.85. The Labute approximate surface area is 111 Å². The Hall–Kier alpha value is -0.870. The van der Waals surface area contributed by atoms with E-state index in [9.17, 15) is 0 Å². The Kier molecular flexibility index (Phi) is 6.36. The maximum atomic E-state index is 5.13. The van der Waals surface area contributed by atoms with Crippen LogP contribution >= 0.6 is 0 Å². The van der Waals surface area contributed by atoms with Crippen molar-refractivity contribution in [3.8, 4) is 0 Å². The highest BCUT2D eigenvalue weighted by Crippen LogP contribution is 2.11. The standard InChI is InChI=1S/C14H27N3O/c1-11(2)17(5)9-7-6-8-15-10-14-12(3)16-18-13(14)4/h11,15H,6-10H2,1-5H3. The monoisotopic (exact) mass is 253 g/mol. The van der Waals surface area contributed by atoms with Gasteiger partial charge in [0.1, 0.15) is 5.76 Å². The molecule has 4 heteroatoms. The smallest absolute Gasteiger partial charge is 0.138 e. The number of nitrogens with zero attached hydrogens (tertiary/aromatic N) is 2. The number of unbranched alkanes of at least 4 members (excludes halogenated alkanes) is 1. The van der Waals surface area contributed by atoms with Gasteiger partial charge in [-0.3, -0.25) is 0 Å². The lowest BCUT2D eigenvalue weighted by Crippen LogP contribution is -2.27. The van der Waals surface area contributed by atoms with Gasteiger partial charge in [-0.25, -0.2) is 0 Å². The Morgan fingerprint density at radius 1 is 1.28 bits per heavy atom. The van der Waals surface area contributed by atoms with E-state index >= 15 is 0 Å². The second-order valence-electron chi connectivity index (χ2n) is 5.26. The van der Waals surface area contributed by atoms with E-state index in [2.05, 4.69) is 36.3 Å².